The minimum atomic E-state index is -1.39. The number of halogens is 3. The van der Waals surface area contributed by atoms with E-state index in [9.17, 15) is 18.4 Å². The van der Waals surface area contributed by atoms with Gasteiger partial charge in [-0.3, -0.25) is 4.79 Å². The maximum absolute atomic E-state index is 13.5. The Labute approximate surface area is 153 Å². The number of amides is 1. The second-order valence-electron chi connectivity index (χ2n) is 5.79. The molecule has 0 spiro atoms. The first-order valence-corrected chi connectivity index (χ1v) is 7.92. The number of carbonyl (C=O) groups excluding carboxylic acids is 2. The molecule has 2 aromatic rings. The third-order valence-electron chi connectivity index (χ3n) is 3.24. The number of benzene rings is 2. The lowest BCUT2D eigenvalue weighted by atomic mass is 10.1. The highest BCUT2D eigenvalue weighted by Gasteiger charge is 2.32. The van der Waals surface area contributed by atoms with E-state index in [1.807, 2.05) is 5.32 Å². The molecule has 0 aromatic heterocycles. The molecule has 8 heteroatoms. The van der Waals surface area contributed by atoms with E-state index in [1.165, 1.54) is 13.8 Å². The Hall–Kier alpha value is -2.67. The number of anilines is 1. The predicted molar refractivity (Wildman–Crippen MR) is 92.1 cm³/mol. The Morgan fingerprint density at radius 2 is 1.65 bits per heavy atom. The molecular weight excluding hydrogens is 368 g/mol. The number of rotatable bonds is 6. The Morgan fingerprint density at radius 1 is 1.08 bits per heavy atom. The molecule has 5 nitrogen and oxygen atoms in total. The molecule has 0 aliphatic carbocycles. The molecular formula is C18H16ClF2NO4. The van der Waals surface area contributed by atoms with Crippen molar-refractivity contribution in [2.75, 3.05) is 11.9 Å². The van der Waals surface area contributed by atoms with Crippen molar-refractivity contribution in [3.8, 4) is 5.75 Å². The molecule has 0 fully saturated rings. The number of hydrogen-bond acceptors (Lipinski definition) is 4. The van der Waals surface area contributed by atoms with Gasteiger partial charge in [0, 0.05) is 5.02 Å². The lowest BCUT2D eigenvalue weighted by Gasteiger charge is -2.24. The molecule has 2 aromatic carbocycles. The Bertz CT molecular complexity index is 789. The van der Waals surface area contributed by atoms with Gasteiger partial charge in [0.25, 0.3) is 5.91 Å². The highest BCUT2D eigenvalue weighted by molar-refractivity contribution is 6.30. The van der Waals surface area contributed by atoms with E-state index in [2.05, 4.69) is 0 Å². The second-order valence-corrected chi connectivity index (χ2v) is 6.22. The van der Waals surface area contributed by atoms with Crippen LogP contribution in [0.3, 0.4) is 0 Å². The molecule has 1 N–H and O–H groups in total. The minimum absolute atomic E-state index is 0.384. The summed E-state index contributed by atoms with van der Waals surface area (Å²) in [5.41, 5.74) is -2.00. The fourth-order valence-electron chi connectivity index (χ4n) is 1.94. The average Bonchev–Trinajstić information content (AvgIpc) is 2.58. The Kier molecular flexibility index (Phi) is 6.15. The summed E-state index contributed by atoms with van der Waals surface area (Å²) in [6.07, 6.45) is 0. The standard InChI is InChI=1S/C18H16ClF2NO4/c1-18(2,26-12-8-6-11(19)7-9-12)17(24)25-10-15(23)22-16-13(20)4-3-5-14(16)21/h3-9H,10H2,1-2H3,(H,22,23). The molecule has 2 rings (SSSR count). The van der Waals surface area contributed by atoms with Crippen molar-refractivity contribution in [3.63, 3.8) is 0 Å². The quantitative estimate of drug-likeness (QED) is 0.767. The van der Waals surface area contributed by atoms with E-state index in [0.717, 1.165) is 18.2 Å². The van der Waals surface area contributed by atoms with E-state index in [-0.39, 0.29) is 0 Å². The topological polar surface area (TPSA) is 64.6 Å². The molecule has 0 heterocycles. The van der Waals surface area contributed by atoms with Crippen LogP contribution in [0.2, 0.25) is 5.02 Å². The van der Waals surface area contributed by atoms with E-state index in [0.29, 0.717) is 10.8 Å². The van der Waals surface area contributed by atoms with Crippen LogP contribution in [0.4, 0.5) is 14.5 Å². The van der Waals surface area contributed by atoms with E-state index >= 15 is 0 Å². The smallest absolute Gasteiger partial charge is 0.350 e. The van der Waals surface area contributed by atoms with E-state index in [1.54, 1.807) is 24.3 Å². The first-order valence-electron chi connectivity index (χ1n) is 7.55. The maximum Gasteiger partial charge on any atom is 0.350 e. The van der Waals surface area contributed by atoms with Crippen LogP contribution in [0.25, 0.3) is 0 Å². The van der Waals surface area contributed by atoms with Gasteiger partial charge < -0.3 is 14.8 Å². The van der Waals surface area contributed by atoms with Gasteiger partial charge in [0.15, 0.2) is 12.2 Å². The van der Waals surface area contributed by atoms with Gasteiger partial charge in [-0.25, -0.2) is 13.6 Å². The monoisotopic (exact) mass is 383 g/mol. The number of hydrogen-bond donors (Lipinski definition) is 1. The number of nitrogens with one attached hydrogen (secondary N) is 1. The van der Waals surface area contributed by atoms with Crippen LogP contribution in [-0.2, 0) is 14.3 Å². The van der Waals surface area contributed by atoms with Gasteiger partial charge in [0.2, 0.25) is 0 Å². The van der Waals surface area contributed by atoms with Crippen molar-refractivity contribution in [2.45, 2.75) is 19.4 Å². The zero-order valence-electron chi connectivity index (χ0n) is 14.0. The number of para-hydroxylation sites is 1. The molecule has 138 valence electrons. The van der Waals surface area contributed by atoms with E-state index in [4.69, 9.17) is 21.1 Å². The van der Waals surface area contributed by atoms with Gasteiger partial charge in [-0.05, 0) is 50.2 Å². The summed E-state index contributed by atoms with van der Waals surface area (Å²) < 4.78 is 37.3. The third-order valence-corrected chi connectivity index (χ3v) is 3.49. The van der Waals surface area contributed by atoms with Crippen molar-refractivity contribution in [1.82, 2.24) is 0 Å². The van der Waals surface area contributed by atoms with Crippen LogP contribution in [0.1, 0.15) is 13.8 Å². The normalized spacial score (nSPS) is 11.0. The Morgan fingerprint density at radius 3 is 2.23 bits per heavy atom. The molecule has 0 saturated heterocycles. The van der Waals surface area contributed by atoms with Crippen molar-refractivity contribution < 1.29 is 27.8 Å². The first kappa shape index (κ1) is 19.7. The zero-order valence-corrected chi connectivity index (χ0v) is 14.8. The molecule has 0 atom stereocenters. The SMILES string of the molecule is CC(C)(Oc1ccc(Cl)cc1)C(=O)OCC(=O)Nc1c(F)cccc1F. The van der Waals surface area contributed by atoms with Crippen LogP contribution in [0, 0.1) is 11.6 Å². The van der Waals surface area contributed by atoms with Crippen molar-refractivity contribution in [1.29, 1.82) is 0 Å². The van der Waals surface area contributed by atoms with Crippen molar-refractivity contribution >= 4 is 29.2 Å². The molecule has 0 aliphatic rings. The van der Waals surface area contributed by atoms with E-state index < -0.39 is 41.4 Å². The van der Waals surface area contributed by atoms with Crippen molar-refractivity contribution in [2.24, 2.45) is 0 Å². The highest BCUT2D eigenvalue weighted by Crippen LogP contribution is 2.22. The van der Waals surface area contributed by atoms with Gasteiger partial charge in [0.1, 0.15) is 23.1 Å². The number of esters is 1. The summed E-state index contributed by atoms with van der Waals surface area (Å²) >= 11 is 5.77. The summed E-state index contributed by atoms with van der Waals surface area (Å²) in [6, 6.07) is 9.48. The molecule has 1 amide bonds. The lowest BCUT2D eigenvalue weighted by Crippen LogP contribution is -2.41. The summed E-state index contributed by atoms with van der Waals surface area (Å²) in [5, 5.41) is 2.53. The molecule has 26 heavy (non-hydrogen) atoms. The minimum Gasteiger partial charge on any atom is -0.476 e. The number of ether oxygens (including phenoxy) is 2. The van der Waals surface area contributed by atoms with Crippen LogP contribution in [0.5, 0.6) is 5.75 Å². The average molecular weight is 384 g/mol. The molecule has 0 unspecified atom stereocenters. The Balaban J connectivity index is 1.92. The van der Waals surface area contributed by atoms with Crippen LogP contribution >= 0.6 is 11.6 Å². The van der Waals surface area contributed by atoms with Crippen LogP contribution in [0.15, 0.2) is 42.5 Å². The second kappa shape index (κ2) is 8.14. The summed E-state index contributed by atoms with van der Waals surface area (Å²) in [7, 11) is 0. The molecule has 0 bridgehead atoms. The van der Waals surface area contributed by atoms with Gasteiger partial charge >= 0.3 is 5.97 Å². The first-order chi connectivity index (χ1) is 12.2. The highest BCUT2D eigenvalue weighted by atomic mass is 35.5. The predicted octanol–water partition coefficient (Wildman–Crippen LogP) is 3.96. The maximum atomic E-state index is 13.5. The number of carbonyl (C=O) groups is 2. The zero-order chi connectivity index (χ0) is 19.3. The lowest BCUT2D eigenvalue weighted by molar-refractivity contribution is -0.161. The fourth-order valence-corrected chi connectivity index (χ4v) is 2.06. The van der Waals surface area contributed by atoms with Gasteiger partial charge in [0.05, 0.1) is 0 Å². The molecule has 0 radical (unpaired) electrons. The summed E-state index contributed by atoms with van der Waals surface area (Å²) in [4.78, 5) is 23.9. The fraction of sp³-hybridized carbons (Fsp3) is 0.222. The van der Waals surface area contributed by atoms with Gasteiger partial charge in [-0.15, -0.1) is 0 Å². The third kappa shape index (κ3) is 5.16. The molecule has 0 saturated carbocycles. The van der Waals surface area contributed by atoms with Crippen LogP contribution in [-0.4, -0.2) is 24.1 Å². The van der Waals surface area contributed by atoms with Gasteiger partial charge in [-0.2, -0.15) is 0 Å². The summed E-state index contributed by atoms with van der Waals surface area (Å²) in [6.45, 7) is 2.19. The van der Waals surface area contributed by atoms with Gasteiger partial charge in [-0.1, -0.05) is 17.7 Å². The largest absolute Gasteiger partial charge is 0.476 e. The van der Waals surface area contributed by atoms with Crippen LogP contribution < -0.4 is 10.1 Å². The molecule has 0 aliphatic heterocycles. The van der Waals surface area contributed by atoms with Crippen molar-refractivity contribution in [3.05, 3.63) is 59.1 Å². The summed E-state index contributed by atoms with van der Waals surface area (Å²) in [5.74, 6) is -3.19.